The molecule has 1 heterocycles. The van der Waals surface area contributed by atoms with Crippen LogP contribution in [-0.4, -0.2) is 81.8 Å². The van der Waals surface area contributed by atoms with Crippen molar-refractivity contribution in [3.63, 3.8) is 0 Å². The van der Waals surface area contributed by atoms with Crippen LogP contribution in [0.3, 0.4) is 0 Å². The molecule has 2 aromatic carbocycles. The molecule has 2 aliphatic rings. The molecule has 1 saturated carbocycles. The number of sulfonamides is 1. The second-order valence-corrected chi connectivity index (χ2v) is 13.0. The predicted octanol–water partition coefficient (Wildman–Crippen LogP) is 4.23. The molecule has 2 aromatic rings. The first-order valence-electron chi connectivity index (χ1n) is 14.2. The number of aliphatic hydroxyl groups excluding tert-OH is 1. The Bertz CT molecular complexity index is 1250. The zero-order valence-electron chi connectivity index (χ0n) is 24.0. The van der Waals surface area contributed by atoms with E-state index in [4.69, 9.17) is 9.47 Å². The monoisotopic (exact) mass is 573 g/mol. The van der Waals surface area contributed by atoms with E-state index in [1.807, 2.05) is 13.8 Å². The molecule has 40 heavy (non-hydrogen) atoms. The van der Waals surface area contributed by atoms with Crippen molar-refractivity contribution in [2.75, 3.05) is 45.1 Å². The molecule has 220 valence electrons. The molecule has 0 saturated heterocycles. The van der Waals surface area contributed by atoms with Crippen LogP contribution in [0.15, 0.2) is 47.4 Å². The lowest BCUT2D eigenvalue weighted by Crippen LogP contribution is -2.50. The summed E-state index contributed by atoms with van der Waals surface area (Å²) in [5, 5.41) is 9.93. The number of amides is 1. The number of anilines is 1. The van der Waals surface area contributed by atoms with Crippen molar-refractivity contribution in [3.05, 3.63) is 48.0 Å². The Balaban J connectivity index is 1.67. The molecular weight excluding hydrogens is 530 g/mol. The van der Waals surface area contributed by atoms with Gasteiger partial charge < -0.3 is 24.4 Å². The van der Waals surface area contributed by atoms with Crippen LogP contribution in [0.1, 0.15) is 56.3 Å². The molecule has 0 unspecified atom stereocenters. The Hall–Kier alpha value is -2.82. The van der Waals surface area contributed by atoms with E-state index >= 15 is 0 Å². The normalized spacial score (nSPS) is 21.2. The first-order chi connectivity index (χ1) is 19.1. The van der Waals surface area contributed by atoms with Gasteiger partial charge in [0.1, 0.15) is 11.9 Å². The van der Waals surface area contributed by atoms with Gasteiger partial charge in [0.15, 0.2) is 5.75 Å². The number of nitrogens with zero attached hydrogens (tertiary/aromatic N) is 2. The maximum atomic E-state index is 13.7. The van der Waals surface area contributed by atoms with Crippen molar-refractivity contribution in [3.8, 4) is 11.5 Å². The minimum atomic E-state index is -3.98. The molecule has 10 heteroatoms. The summed E-state index contributed by atoms with van der Waals surface area (Å²) in [7, 11) is -0.363. The lowest BCUT2D eigenvalue weighted by atomic mass is 9.89. The summed E-state index contributed by atoms with van der Waals surface area (Å²) in [5.74, 6) is 1.05. The van der Waals surface area contributed by atoms with Crippen LogP contribution >= 0.6 is 0 Å². The first kappa shape index (κ1) is 30.1. The van der Waals surface area contributed by atoms with Crippen LogP contribution in [0.2, 0.25) is 0 Å². The molecule has 0 radical (unpaired) electrons. The number of methoxy groups -OCH3 is 1. The van der Waals surface area contributed by atoms with E-state index in [-0.39, 0.29) is 46.4 Å². The smallest absolute Gasteiger partial charge is 0.262 e. The summed E-state index contributed by atoms with van der Waals surface area (Å²) < 4.78 is 41.1. The average Bonchev–Trinajstić information content (AvgIpc) is 2.95. The lowest BCUT2D eigenvalue weighted by Gasteiger charge is -2.39. The van der Waals surface area contributed by atoms with Gasteiger partial charge in [-0.3, -0.25) is 9.52 Å². The van der Waals surface area contributed by atoms with Gasteiger partial charge in [0, 0.05) is 25.6 Å². The average molecular weight is 574 g/mol. The molecular formula is C30H43N3O6S. The summed E-state index contributed by atoms with van der Waals surface area (Å²) >= 11 is 0. The number of benzene rings is 2. The third kappa shape index (κ3) is 7.08. The van der Waals surface area contributed by atoms with E-state index in [9.17, 15) is 18.3 Å². The molecule has 1 aliphatic heterocycles. The van der Waals surface area contributed by atoms with Gasteiger partial charge in [0.05, 0.1) is 35.9 Å². The zero-order valence-corrected chi connectivity index (χ0v) is 24.8. The highest BCUT2D eigenvalue weighted by Crippen LogP contribution is 2.36. The maximum Gasteiger partial charge on any atom is 0.262 e. The largest absolute Gasteiger partial charge is 0.497 e. The number of nitrogens with one attached hydrogen (secondary N) is 1. The van der Waals surface area contributed by atoms with E-state index < -0.39 is 16.1 Å². The van der Waals surface area contributed by atoms with Crippen molar-refractivity contribution < 1.29 is 27.8 Å². The van der Waals surface area contributed by atoms with Gasteiger partial charge in [-0.2, -0.15) is 0 Å². The predicted molar refractivity (Wildman–Crippen MR) is 155 cm³/mol. The molecule has 3 atom stereocenters. The number of para-hydroxylation sites is 1. The van der Waals surface area contributed by atoms with Crippen molar-refractivity contribution in [1.82, 2.24) is 9.80 Å². The van der Waals surface area contributed by atoms with Crippen LogP contribution in [0.4, 0.5) is 5.69 Å². The fourth-order valence-corrected chi connectivity index (χ4v) is 6.75. The summed E-state index contributed by atoms with van der Waals surface area (Å²) in [6.45, 7) is 5.70. The number of likely N-dealkylation sites (N-methyl/N-ethyl adjacent to an activating group) is 1. The van der Waals surface area contributed by atoms with Crippen molar-refractivity contribution >= 4 is 21.6 Å². The Morgan fingerprint density at radius 1 is 1.12 bits per heavy atom. The van der Waals surface area contributed by atoms with E-state index in [1.165, 1.54) is 51.3 Å². The number of rotatable bonds is 10. The fraction of sp³-hybridized carbons (Fsp3) is 0.567. The van der Waals surface area contributed by atoms with Crippen molar-refractivity contribution in [2.24, 2.45) is 11.8 Å². The van der Waals surface area contributed by atoms with Crippen LogP contribution in [0.5, 0.6) is 11.5 Å². The molecule has 1 amide bonds. The maximum absolute atomic E-state index is 13.7. The summed E-state index contributed by atoms with van der Waals surface area (Å²) in [6.07, 6.45) is 6.03. The second-order valence-electron chi connectivity index (χ2n) is 11.3. The topological polar surface area (TPSA) is 108 Å². The van der Waals surface area contributed by atoms with Gasteiger partial charge >= 0.3 is 0 Å². The Kier molecular flexibility index (Phi) is 9.97. The molecule has 0 spiro atoms. The molecule has 1 fully saturated rings. The number of hydrogen-bond acceptors (Lipinski definition) is 7. The van der Waals surface area contributed by atoms with E-state index in [2.05, 4.69) is 16.7 Å². The number of carbonyl (C=O) groups is 1. The lowest BCUT2D eigenvalue weighted by molar-refractivity contribution is 0.0333. The zero-order chi connectivity index (χ0) is 28.9. The molecule has 1 aliphatic carbocycles. The van der Waals surface area contributed by atoms with E-state index in [0.29, 0.717) is 24.8 Å². The third-order valence-electron chi connectivity index (χ3n) is 8.09. The molecule has 4 rings (SSSR count). The van der Waals surface area contributed by atoms with Crippen LogP contribution < -0.4 is 14.2 Å². The highest BCUT2D eigenvalue weighted by Gasteiger charge is 2.35. The highest BCUT2D eigenvalue weighted by molar-refractivity contribution is 7.92. The molecule has 9 nitrogen and oxygen atoms in total. The molecule has 0 bridgehead atoms. The van der Waals surface area contributed by atoms with Crippen molar-refractivity contribution in [2.45, 2.75) is 63.0 Å². The van der Waals surface area contributed by atoms with E-state index in [0.717, 1.165) is 6.54 Å². The molecule has 0 aromatic heterocycles. The SMILES string of the molecule is COc1ccc(S(=O)(=O)Nc2cccc3c2O[C@H](CN(C)CC2CCCCC2)[C@H](C)CN([C@H](C)CO)C3=O)cc1. The number of carbonyl (C=O) groups excluding carboxylic acids is 1. The van der Waals surface area contributed by atoms with Gasteiger partial charge in [-0.05, 0) is 69.1 Å². The number of hydrogen-bond donors (Lipinski definition) is 2. The number of fused-ring (bicyclic) bond motifs is 1. The number of aliphatic hydroxyl groups is 1. The number of ether oxygens (including phenoxy) is 2. The summed E-state index contributed by atoms with van der Waals surface area (Å²) in [6, 6.07) is 10.6. The summed E-state index contributed by atoms with van der Waals surface area (Å²) in [5.41, 5.74) is 0.467. The van der Waals surface area contributed by atoms with Gasteiger partial charge in [-0.15, -0.1) is 0 Å². The van der Waals surface area contributed by atoms with Gasteiger partial charge in [-0.25, -0.2) is 8.42 Å². The second kappa shape index (κ2) is 13.2. The molecule has 2 N–H and O–H groups in total. The summed E-state index contributed by atoms with van der Waals surface area (Å²) in [4.78, 5) is 17.7. The van der Waals surface area contributed by atoms with Crippen molar-refractivity contribution in [1.29, 1.82) is 0 Å². The van der Waals surface area contributed by atoms with Gasteiger partial charge in [-0.1, -0.05) is 32.3 Å². The quantitative estimate of drug-likeness (QED) is 0.438. The minimum Gasteiger partial charge on any atom is -0.497 e. The highest BCUT2D eigenvalue weighted by atomic mass is 32.2. The van der Waals surface area contributed by atoms with E-state index in [1.54, 1.807) is 35.2 Å². The Morgan fingerprint density at radius 2 is 1.82 bits per heavy atom. The third-order valence-corrected chi connectivity index (χ3v) is 9.47. The van der Waals surface area contributed by atoms with Crippen LogP contribution in [0.25, 0.3) is 0 Å². The van der Waals surface area contributed by atoms with Gasteiger partial charge in [0.25, 0.3) is 15.9 Å². The van der Waals surface area contributed by atoms with Crippen LogP contribution in [-0.2, 0) is 10.0 Å². The van der Waals surface area contributed by atoms with Crippen LogP contribution in [0, 0.1) is 11.8 Å². The fourth-order valence-electron chi connectivity index (χ4n) is 5.69. The minimum absolute atomic E-state index is 0.0637. The Morgan fingerprint density at radius 3 is 2.48 bits per heavy atom. The standard InChI is InChI=1S/C30H43N3O6S/c1-21-17-33(22(2)20-34)30(35)26-11-8-12-27(31-40(36,37)25-15-13-24(38-4)14-16-25)29(26)39-28(21)19-32(3)18-23-9-6-5-7-10-23/h8,11-16,21-23,28,31,34H,5-7,9-10,17-20H2,1-4H3/t21-,22-,28-/m1/s1. The van der Waals surface area contributed by atoms with Gasteiger partial charge in [0.2, 0.25) is 0 Å². The Labute approximate surface area is 238 Å². The first-order valence-corrected chi connectivity index (χ1v) is 15.7.